The Morgan fingerprint density at radius 1 is 1.38 bits per heavy atom. The lowest BCUT2D eigenvalue weighted by Gasteiger charge is -2.28. The number of anilines is 1. The number of benzene rings is 1. The monoisotopic (exact) mass is 360 g/mol. The second-order valence-electron chi connectivity index (χ2n) is 6.22. The summed E-state index contributed by atoms with van der Waals surface area (Å²) in [5.74, 6) is -2.46. The van der Waals surface area contributed by atoms with Crippen molar-refractivity contribution in [3.8, 4) is 0 Å². The first-order valence-electron chi connectivity index (χ1n) is 7.93. The lowest BCUT2D eigenvalue weighted by atomic mass is 9.89. The number of carboxylic acid groups (broad SMARTS) is 1. The summed E-state index contributed by atoms with van der Waals surface area (Å²) in [5.41, 5.74) is 0.874. The van der Waals surface area contributed by atoms with Gasteiger partial charge in [0.1, 0.15) is 22.9 Å². The molecule has 0 aliphatic carbocycles. The van der Waals surface area contributed by atoms with Crippen LogP contribution in [0.2, 0.25) is 0 Å². The van der Waals surface area contributed by atoms with Gasteiger partial charge in [-0.15, -0.1) is 0 Å². The smallest absolute Gasteiger partial charge is 0.339 e. The highest BCUT2D eigenvalue weighted by Gasteiger charge is 2.33. The largest absolute Gasteiger partial charge is 0.478 e. The van der Waals surface area contributed by atoms with E-state index in [-0.39, 0.29) is 41.8 Å². The zero-order valence-electron chi connectivity index (χ0n) is 14.2. The lowest BCUT2D eigenvalue weighted by molar-refractivity contribution is -0.134. The lowest BCUT2D eigenvalue weighted by Crippen LogP contribution is -2.36. The van der Waals surface area contributed by atoms with Gasteiger partial charge in [0.2, 0.25) is 11.8 Å². The first-order valence-corrected chi connectivity index (χ1v) is 7.93. The number of rotatable bonds is 4. The molecule has 1 aromatic heterocycles. The van der Waals surface area contributed by atoms with E-state index in [2.05, 4.69) is 5.32 Å². The maximum Gasteiger partial charge on any atom is 0.339 e. The molecule has 0 saturated heterocycles. The normalized spacial score (nSPS) is 16.0. The standard InChI is InChI=1S/C18H17FN2O5/c1-9-13(18(24)25)6-11(26-9)8-21(2)17(23)14-7-16(22)20-15-5-10(19)3-4-12(14)15/h3-6,14H,7-8H2,1-2H3,(H,20,22)(H,24,25). The number of amides is 2. The third-order valence-corrected chi connectivity index (χ3v) is 4.32. The van der Waals surface area contributed by atoms with Crippen molar-refractivity contribution in [2.24, 2.45) is 0 Å². The molecular formula is C18H17FN2O5. The summed E-state index contributed by atoms with van der Waals surface area (Å²) in [6.45, 7) is 1.59. The maximum atomic E-state index is 13.4. The van der Waals surface area contributed by atoms with Gasteiger partial charge >= 0.3 is 5.97 Å². The van der Waals surface area contributed by atoms with Gasteiger partial charge in [0.25, 0.3) is 0 Å². The topological polar surface area (TPSA) is 99.9 Å². The number of carbonyl (C=O) groups excluding carboxylic acids is 2. The minimum absolute atomic E-state index is 0.0405. The summed E-state index contributed by atoms with van der Waals surface area (Å²) in [6.07, 6.45) is -0.0423. The number of aromatic carboxylic acids is 1. The van der Waals surface area contributed by atoms with Gasteiger partial charge in [0.15, 0.2) is 0 Å². The van der Waals surface area contributed by atoms with Crippen LogP contribution in [0.4, 0.5) is 10.1 Å². The SMILES string of the molecule is Cc1oc(CN(C)C(=O)C2CC(=O)Nc3cc(F)ccc32)cc1C(=O)O. The van der Waals surface area contributed by atoms with Crippen molar-refractivity contribution in [2.75, 3.05) is 12.4 Å². The van der Waals surface area contributed by atoms with Crippen LogP contribution < -0.4 is 5.32 Å². The highest BCUT2D eigenvalue weighted by atomic mass is 19.1. The molecule has 1 atom stereocenters. The quantitative estimate of drug-likeness (QED) is 0.873. The summed E-state index contributed by atoms with van der Waals surface area (Å²) >= 11 is 0. The number of nitrogens with one attached hydrogen (secondary N) is 1. The van der Waals surface area contributed by atoms with Crippen LogP contribution in [0.25, 0.3) is 0 Å². The number of fused-ring (bicyclic) bond motifs is 1. The second-order valence-corrected chi connectivity index (χ2v) is 6.22. The summed E-state index contributed by atoms with van der Waals surface area (Å²) in [6, 6.07) is 5.28. The van der Waals surface area contributed by atoms with E-state index < -0.39 is 17.7 Å². The number of furan rings is 1. The Morgan fingerprint density at radius 3 is 2.77 bits per heavy atom. The van der Waals surface area contributed by atoms with Gasteiger partial charge < -0.3 is 19.7 Å². The molecule has 1 aliphatic rings. The number of hydrogen-bond acceptors (Lipinski definition) is 4. The molecule has 0 saturated carbocycles. The number of likely N-dealkylation sites (N-methyl/N-ethyl adjacent to an activating group) is 1. The molecule has 2 amide bonds. The number of halogens is 1. The highest BCUT2D eigenvalue weighted by Crippen LogP contribution is 2.34. The Bertz CT molecular complexity index is 905. The minimum Gasteiger partial charge on any atom is -0.478 e. The second kappa shape index (κ2) is 6.62. The number of nitrogens with zero attached hydrogens (tertiary/aromatic N) is 1. The molecule has 2 aromatic rings. The summed E-state index contributed by atoms with van der Waals surface area (Å²) in [4.78, 5) is 37.1. The van der Waals surface area contributed by atoms with Crippen LogP contribution in [-0.2, 0) is 16.1 Å². The number of carbonyl (C=O) groups is 3. The van der Waals surface area contributed by atoms with Crippen LogP contribution in [0.5, 0.6) is 0 Å². The Morgan fingerprint density at radius 2 is 2.12 bits per heavy atom. The van der Waals surface area contributed by atoms with Crippen molar-refractivity contribution < 1.29 is 28.3 Å². The molecule has 0 bridgehead atoms. The highest BCUT2D eigenvalue weighted by molar-refractivity contribution is 6.01. The zero-order chi connectivity index (χ0) is 19.0. The predicted molar refractivity (Wildman–Crippen MR) is 89.3 cm³/mol. The molecule has 136 valence electrons. The molecule has 0 fully saturated rings. The molecule has 0 spiro atoms. The third-order valence-electron chi connectivity index (χ3n) is 4.32. The average molecular weight is 360 g/mol. The molecule has 7 nitrogen and oxygen atoms in total. The Labute approximate surface area is 148 Å². The first kappa shape index (κ1) is 17.7. The van der Waals surface area contributed by atoms with E-state index in [1.54, 1.807) is 0 Å². The van der Waals surface area contributed by atoms with E-state index >= 15 is 0 Å². The fourth-order valence-electron chi connectivity index (χ4n) is 3.07. The first-order chi connectivity index (χ1) is 12.3. The Hall–Kier alpha value is -3.16. The third kappa shape index (κ3) is 3.30. The van der Waals surface area contributed by atoms with Gasteiger partial charge in [-0.25, -0.2) is 9.18 Å². The van der Waals surface area contributed by atoms with Crippen molar-refractivity contribution >= 4 is 23.5 Å². The fourth-order valence-corrected chi connectivity index (χ4v) is 3.07. The van der Waals surface area contributed by atoms with Crippen LogP contribution in [0.1, 0.15) is 39.8 Å². The number of hydrogen-bond donors (Lipinski definition) is 2. The van der Waals surface area contributed by atoms with Crippen LogP contribution >= 0.6 is 0 Å². The molecule has 1 aliphatic heterocycles. The zero-order valence-corrected chi connectivity index (χ0v) is 14.2. The van der Waals surface area contributed by atoms with E-state index in [1.807, 2.05) is 0 Å². The summed E-state index contributed by atoms with van der Waals surface area (Å²) in [7, 11) is 1.54. The van der Waals surface area contributed by atoms with Crippen LogP contribution in [0, 0.1) is 12.7 Å². The predicted octanol–water partition coefficient (Wildman–Crippen LogP) is 2.51. The van der Waals surface area contributed by atoms with Crippen molar-refractivity contribution in [3.05, 3.63) is 52.7 Å². The van der Waals surface area contributed by atoms with Gasteiger partial charge in [-0.1, -0.05) is 6.07 Å². The van der Waals surface area contributed by atoms with Crippen LogP contribution in [-0.4, -0.2) is 34.8 Å². The molecule has 26 heavy (non-hydrogen) atoms. The van der Waals surface area contributed by atoms with Crippen molar-refractivity contribution in [1.82, 2.24) is 4.90 Å². The van der Waals surface area contributed by atoms with E-state index in [0.29, 0.717) is 11.3 Å². The maximum absolute atomic E-state index is 13.4. The Kier molecular flexibility index (Phi) is 4.50. The molecule has 0 radical (unpaired) electrons. The summed E-state index contributed by atoms with van der Waals surface area (Å²) < 4.78 is 18.8. The van der Waals surface area contributed by atoms with Gasteiger partial charge in [-0.2, -0.15) is 0 Å². The molecule has 3 rings (SSSR count). The van der Waals surface area contributed by atoms with E-state index in [4.69, 9.17) is 9.52 Å². The molecule has 1 aromatic carbocycles. The van der Waals surface area contributed by atoms with Crippen molar-refractivity contribution in [3.63, 3.8) is 0 Å². The molecule has 2 N–H and O–H groups in total. The number of carboxylic acids is 1. The van der Waals surface area contributed by atoms with Crippen molar-refractivity contribution in [2.45, 2.75) is 25.8 Å². The molecular weight excluding hydrogens is 343 g/mol. The van der Waals surface area contributed by atoms with Crippen LogP contribution in [0.3, 0.4) is 0 Å². The Balaban J connectivity index is 1.82. The van der Waals surface area contributed by atoms with E-state index in [1.165, 1.54) is 43.1 Å². The van der Waals surface area contributed by atoms with Crippen LogP contribution in [0.15, 0.2) is 28.7 Å². The van der Waals surface area contributed by atoms with E-state index in [9.17, 15) is 18.8 Å². The molecule has 2 heterocycles. The average Bonchev–Trinajstić information content (AvgIpc) is 2.93. The number of aryl methyl sites for hydroxylation is 1. The summed E-state index contributed by atoms with van der Waals surface area (Å²) in [5, 5.41) is 11.6. The minimum atomic E-state index is -1.11. The fraction of sp³-hybridized carbons (Fsp3) is 0.278. The van der Waals surface area contributed by atoms with Gasteiger partial charge in [-0.3, -0.25) is 9.59 Å². The van der Waals surface area contributed by atoms with Gasteiger partial charge in [-0.05, 0) is 30.7 Å². The molecule has 8 heteroatoms. The van der Waals surface area contributed by atoms with Crippen molar-refractivity contribution in [1.29, 1.82) is 0 Å². The van der Waals surface area contributed by atoms with E-state index in [0.717, 1.165) is 0 Å². The van der Waals surface area contributed by atoms with Gasteiger partial charge in [0, 0.05) is 19.2 Å². The molecule has 1 unspecified atom stereocenters. The van der Waals surface area contributed by atoms with Gasteiger partial charge in [0.05, 0.1) is 12.5 Å².